The summed E-state index contributed by atoms with van der Waals surface area (Å²) < 4.78 is 18.7. The zero-order valence-corrected chi connectivity index (χ0v) is 12.3. The number of ether oxygens (including phenoxy) is 1. The molecule has 1 aromatic carbocycles. The van der Waals surface area contributed by atoms with Crippen LogP contribution in [0.3, 0.4) is 0 Å². The maximum absolute atomic E-state index is 13.4. The van der Waals surface area contributed by atoms with Gasteiger partial charge in [-0.2, -0.15) is 5.06 Å². The van der Waals surface area contributed by atoms with Gasteiger partial charge in [0.25, 0.3) is 0 Å². The third-order valence-electron chi connectivity index (χ3n) is 3.08. The summed E-state index contributed by atoms with van der Waals surface area (Å²) in [6.07, 6.45) is 0.0902. The van der Waals surface area contributed by atoms with Gasteiger partial charge in [0.05, 0.1) is 12.6 Å². The summed E-state index contributed by atoms with van der Waals surface area (Å²) in [6.45, 7) is 7.69. The van der Waals surface area contributed by atoms with Gasteiger partial charge in [-0.05, 0) is 51.0 Å². The molecule has 0 aliphatic carbocycles. The quantitative estimate of drug-likeness (QED) is 0.787. The van der Waals surface area contributed by atoms with E-state index >= 15 is 0 Å². The molecule has 5 heteroatoms. The van der Waals surface area contributed by atoms with E-state index in [9.17, 15) is 9.18 Å². The Bertz CT molecular complexity index is 510. The molecule has 1 aliphatic rings. The zero-order chi connectivity index (χ0) is 14.9. The van der Waals surface area contributed by atoms with Crippen LogP contribution in [0.2, 0.25) is 0 Å². The van der Waals surface area contributed by atoms with Gasteiger partial charge in [-0.1, -0.05) is 6.07 Å². The fraction of sp³-hybridized carbons (Fsp3) is 0.533. The molecule has 20 heavy (non-hydrogen) atoms. The standard InChI is InChI=1S/C15H20FNO3/c1-10-5-6-11(16)9-12(10)13-7-8-19-17(13)14(18)20-15(2,3)4/h5-6,9,13H,7-8H2,1-4H3. The van der Waals surface area contributed by atoms with Gasteiger partial charge >= 0.3 is 6.09 Å². The Labute approximate surface area is 118 Å². The highest BCUT2D eigenvalue weighted by Gasteiger charge is 2.35. The van der Waals surface area contributed by atoms with Crippen molar-refractivity contribution >= 4 is 6.09 Å². The topological polar surface area (TPSA) is 38.8 Å². The van der Waals surface area contributed by atoms with Crippen molar-refractivity contribution in [3.63, 3.8) is 0 Å². The second-order valence-electron chi connectivity index (χ2n) is 5.94. The summed E-state index contributed by atoms with van der Waals surface area (Å²) in [5.74, 6) is -0.318. The van der Waals surface area contributed by atoms with Crippen molar-refractivity contribution in [1.29, 1.82) is 0 Å². The van der Waals surface area contributed by atoms with Crippen molar-refractivity contribution in [3.8, 4) is 0 Å². The predicted octanol–water partition coefficient (Wildman–Crippen LogP) is 3.75. The molecular weight excluding hydrogens is 261 g/mol. The number of aryl methyl sites for hydroxylation is 1. The average molecular weight is 281 g/mol. The molecule has 1 fully saturated rings. The van der Waals surface area contributed by atoms with Crippen LogP contribution in [0.15, 0.2) is 18.2 Å². The first-order valence-electron chi connectivity index (χ1n) is 6.69. The Balaban J connectivity index is 2.23. The molecule has 0 saturated carbocycles. The lowest BCUT2D eigenvalue weighted by Crippen LogP contribution is -2.35. The predicted molar refractivity (Wildman–Crippen MR) is 72.5 cm³/mol. The van der Waals surface area contributed by atoms with E-state index in [1.807, 2.05) is 6.92 Å². The number of rotatable bonds is 1. The molecule has 1 aromatic rings. The highest BCUT2D eigenvalue weighted by atomic mass is 19.1. The Morgan fingerprint density at radius 2 is 2.15 bits per heavy atom. The van der Waals surface area contributed by atoms with E-state index in [2.05, 4.69) is 0 Å². The largest absolute Gasteiger partial charge is 0.442 e. The number of hydroxylamine groups is 2. The highest BCUT2D eigenvalue weighted by Crippen LogP contribution is 2.33. The molecule has 0 bridgehead atoms. The van der Waals surface area contributed by atoms with Crippen LogP contribution in [-0.4, -0.2) is 23.4 Å². The number of hydrogen-bond donors (Lipinski definition) is 0. The zero-order valence-electron chi connectivity index (χ0n) is 12.3. The summed E-state index contributed by atoms with van der Waals surface area (Å²) in [6, 6.07) is 4.26. The molecular formula is C15H20FNO3. The molecule has 0 N–H and O–H groups in total. The molecule has 1 amide bonds. The Hall–Kier alpha value is -1.62. The van der Waals surface area contributed by atoms with E-state index in [0.717, 1.165) is 11.1 Å². The average Bonchev–Trinajstić information content (AvgIpc) is 2.79. The lowest BCUT2D eigenvalue weighted by molar-refractivity contribution is -0.125. The molecule has 1 saturated heterocycles. The third kappa shape index (κ3) is 3.28. The van der Waals surface area contributed by atoms with Gasteiger partial charge < -0.3 is 4.74 Å². The molecule has 1 atom stereocenters. The number of amides is 1. The fourth-order valence-electron chi connectivity index (χ4n) is 2.21. The second-order valence-corrected chi connectivity index (χ2v) is 5.94. The fourth-order valence-corrected chi connectivity index (χ4v) is 2.21. The number of hydrogen-bond acceptors (Lipinski definition) is 3. The second kappa shape index (κ2) is 5.40. The molecule has 1 aliphatic heterocycles. The summed E-state index contributed by atoms with van der Waals surface area (Å²) in [5.41, 5.74) is 1.09. The minimum atomic E-state index is -0.593. The lowest BCUT2D eigenvalue weighted by atomic mass is 9.99. The number of carbonyl (C=O) groups is 1. The van der Waals surface area contributed by atoms with E-state index in [1.165, 1.54) is 17.2 Å². The van der Waals surface area contributed by atoms with E-state index < -0.39 is 11.7 Å². The van der Waals surface area contributed by atoms with Crippen molar-refractivity contribution in [3.05, 3.63) is 35.1 Å². The van der Waals surface area contributed by atoms with Crippen LogP contribution < -0.4 is 0 Å². The molecule has 4 nitrogen and oxygen atoms in total. The minimum Gasteiger partial charge on any atom is -0.442 e. The number of carbonyl (C=O) groups excluding carboxylic acids is 1. The van der Waals surface area contributed by atoms with Crippen molar-refractivity contribution in [2.24, 2.45) is 0 Å². The van der Waals surface area contributed by atoms with Gasteiger partial charge in [-0.3, -0.25) is 4.84 Å². The van der Waals surface area contributed by atoms with Gasteiger partial charge in [0.1, 0.15) is 11.4 Å². The van der Waals surface area contributed by atoms with Crippen molar-refractivity contribution in [2.45, 2.75) is 45.8 Å². The van der Waals surface area contributed by atoms with Crippen LogP contribution in [0.1, 0.15) is 44.4 Å². The lowest BCUT2D eigenvalue weighted by Gasteiger charge is -2.27. The summed E-state index contributed by atoms with van der Waals surface area (Å²) in [4.78, 5) is 17.5. The van der Waals surface area contributed by atoms with Crippen LogP contribution in [0, 0.1) is 12.7 Å². The van der Waals surface area contributed by atoms with Crippen LogP contribution in [0.5, 0.6) is 0 Å². The first kappa shape index (κ1) is 14.8. The van der Waals surface area contributed by atoms with E-state index in [-0.39, 0.29) is 11.9 Å². The van der Waals surface area contributed by atoms with E-state index in [1.54, 1.807) is 26.8 Å². The monoisotopic (exact) mass is 281 g/mol. The first-order chi connectivity index (χ1) is 9.28. The Morgan fingerprint density at radius 1 is 1.45 bits per heavy atom. The van der Waals surface area contributed by atoms with Crippen LogP contribution >= 0.6 is 0 Å². The van der Waals surface area contributed by atoms with E-state index in [4.69, 9.17) is 9.57 Å². The Kier molecular flexibility index (Phi) is 3.99. The van der Waals surface area contributed by atoms with Gasteiger partial charge in [-0.25, -0.2) is 9.18 Å². The minimum absolute atomic E-state index is 0.305. The summed E-state index contributed by atoms with van der Waals surface area (Å²) in [5, 5.41) is 1.22. The first-order valence-corrected chi connectivity index (χ1v) is 6.69. The van der Waals surface area contributed by atoms with Crippen LogP contribution in [0.4, 0.5) is 9.18 Å². The van der Waals surface area contributed by atoms with Crippen molar-refractivity contribution in [1.82, 2.24) is 5.06 Å². The smallest absolute Gasteiger partial charge is 0.435 e. The highest BCUT2D eigenvalue weighted by molar-refractivity contribution is 5.68. The summed E-state index contributed by atoms with van der Waals surface area (Å²) >= 11 is 0. The van der Waals surface area contributed by atoms with Crippen molar-refractivity contribution < 1.29 is 18.8 Å². The van der Waals surface area contributed by atoms with Gasteiger partial charge in [-0.15, -0.1) is 0 Å². The number of nitrogens with zero attached hydrogens (tertiary/aromatic N) is 1. The molecule has 2 rings (SSSR count). The Morgan fingerprint density at radius 3 is 2.80 bits per heavy atom. The maximum atomic E-state index is 13.4. The molecule has 0 spiro atoms. The normalized spacial score (nSPS) is 19.2. The van der Waals surface area contributed by atoms with Crippen LogP contribution in [0.25, 0.3) is 0 Å². The number of halogens is 1. The number of benzene rings is 1. The molecule has 110 valence electrons. The third-order valence-corrected chi connectivity index (χ3v) is 3.08. The molecule has 0 aromatic heterocycles. The van der Waals surface area contributed by atoms with Crippen molar-refractivity contribution in [2.75, 3.05) is 6.61 Å². The maximum Gasteiger partial charge on any atom is 0.435 e. The molecule has 0 radical (unpaired) electrons. The molecule has 1 heterocycles. The van der Waals surface area contributed by atoms with Gasteiger partial charge in [0.2, 0.25) is 0 Å². The van der Waals surface area contributed by atoms with Gasteiger partial charge in [0.15, 0.2) is 0 Å². The van der Waals surface area contributed by atoms with Crippen LogP contribution in [-0.2, 0) is 9.57 Å². The van der Waals surface area contributed by atoms with Gasteiger partial charge in [0, 0.05) is 6.42 Å². The SMILES string of the molecule is Cc1ccc(F)cc1C1CCON1C(=O)OC(C)(C)C. The molecule has 1 unspecified atom stereocenters. The summed E-state index contributed by atoms with van der Waals surface area (Å²) in [7, 11) is 0. The van der Waals surface area contributed by atoms with E-state index in [0.29, 0.717) is 13.0 Å².